The van der Waals surface area contributed by atoms with Crippen molar-refractivity contribution < 1.29 is 87.2 Å². The molecule has 2 aliphatic carbocycles. The lowest BCUT2D eigenvalue weighted by Crippen LogP contribution is -2.42. The summed E-state index contributed by atoms with van der Waals surface area (Å²) >= 11 is 1.05. The number of halogens is 8. The lowest BCUT2D eigenvalue weighted by Gasteiger charge is -2.33. The first-order chi connectivity index (χ1) is 58.1. The molecule has 514 valence electrons. The normalized spacial score (nSPS) is 21.7. The minimum Gasteiger partial charge on any atom is -0.336 e. The van der Waals surface area contributed by atoms with Crippen molar-refractivity contribution in [1.82, 2.24) is 38.7 Å². The van der Waals surface area contributed by atoms with E-state index in [1.807, 2.05) is 0 Å². The highest BCUT2D eigenvalue weighted by atomic mass is 32.2. The molecule has 2 unspecified atom stereocenters. The third-order valence-corrected chi connectivity index (χ3v) is 16.8. The third kappa shape index (κ3) is 19.1. The zero-order chi connectivity index (χ0) is 97.3. The maximum Gasteiger partial charge on any atom is 0.416 e. The minimum absolute atomic E-state index is 0.0976. The quantitative estimate of drug-likeness (QED) is 0.0295. The lowest BCUT2D eigenvalue weighted by molar-refractivity contribution is -0.138. The summed E-state index contributed by atoms with van der Waals surface area (Å²) in [6, 6.07) is -0.169. The molecule has 0 fully saturated rings. The number of carbonyl (C=O) groups is 2. The van der Waals surface area contributed by atoms with Crippen LogP contribution in [0.3, 0.4) is 0 Å². The van der Waals surface area contributed by atoms with E-state index in [0.717, 1.165) is 80.2 Å². The Kier molecular flexibility index (Phi) is 14.4. The summed E-state index contributed by atoms with van der Waals surface area (Å²) in [5.41, 5.74) is -10.4. The molecule has 0 saturated carbocycles. The van der Waals surface area contributed by atoms with Crippen LogP contribution in [-0.2, 0) is 78.5 Å². The SMILES string of the molecule is [2H]c1c([2H])c(C([2H])([2H])N(CCN(C([2H])([2H])C)C([2H])([2H])C)C(=O)C([2H])([2H])n2c(SCc3ccc(F)cc3)nc(=O)c3c2C([2H])([2H])C([2H])(C)C3([2H])[2H])c([2H])c([2H])c1-c1c([2H])c([2H])c(C(F)(F)F)c(C)c1[2H].[2H]c1c([2H])c(CSc2nc(=O)c3c(n2C([2H])([2H])C(=O)N(CCN(C([2H])([2H])C)C([2H])([2H])C)C([2H])(C)c2ccc(-c4ccc(C(F)(F)F)cc4)cc2)CCC3)c([2H])c([2H])c1F. The first-order valence-electron chi connectivity index (χ1n) is 45.0. The zero-order valence-electron chi connectivity index (χ0n) is 83.8. The molecule has 0 N–H and O–H groups in total. The molecule has 10 rings (SSSR count). The van der Waals surface area contributed by atoms with Crippen molar-refractivity contribution in [1.29, 1.82) is 0 Å². The van der Waals surface area contributed by atoms with Crippen LogP contribution in [0, 0.1) is 24.5 Å². The van der Waals surface area contributed by atoms with Crippen LogP contribution < -0.4 is 11.1 Å². The van der Waals surface area contributed by atoms with Gasteiger partial charge < -0.3 is 28.7 Å². The second kappa shape index (κ2) is 33.1. The van der Waals surface area contributed by atoms with Crippen molar-refractivity contribution >= 4 is 35.3 Å². The highest BCUT2D eigenvalue weighted by Crippen LogP contribution is 2.36. The van der Waals surface area contributed by atoms with Gasteiger partial charge in [0.15, 0.2) is 10.3 Å². The van der Waals surface area contributed by atoms with Crippen molar-refractivity contribution in [3.05, 3.63) is 233 Å². The van der Waals surface area contributed by atoms with E-state index in [4.69, 9.17) is 32.9 Å². The number of fused-ring (bicyclic) bond motifs is 2. The van der Waals surface area contributed by atoms with Gasteiger partial charge in [-0.25, -0.2) is 8.78 Å². The fourth-order valence-corrected chi connectivity index (χ4v) is 11.5. The van der Waals surface area contributed by atoms with E-state index in [2.05, 4.69) is 9.97 Å². The van der Waals surface area contributed by atoms with Gasteiger partial charge in [-0.3, -0.25) is 19.2 Å². The van der Waals surface area contributed by atoms with Gasteiger partial charge >= 0.3 is 12.4 Å². The monoisotopic (exact) mass is 1410 g/mol. The smallest absolute Gasteiger partial charge is 0.336 e. The fraction of sp³-hybridized carbons (Fsp3) is 0.387. The molecule has 0 bridgehead atoms. The average molecular weight is 1410 g/mol. The molecular formula is C75H82F8N8O4S2. The van der Waals surface area contributed by atoms with Crippen LogP contribution >= 0.6 is 23.5 Å². The Hall–Kier alpha value is -7.92. The van der Waals surface area contributed by atoms with Gasteiger partial charge in [-0.2, -0.15) is 36.3 Å². The molecule has 0 spiro atoms. The molecule has 2 aliphatic rings. The van der Waals surface area contributed by atoms with E-state index >= 15 is 4.79 Å². The second-order valence-corrected chi connectivity index (χ2v) is 23.0. The summed E-state index contributed by atoms with van der Waals surface area (Å²) in [6.07, 6.45) is -15.8. The van der Waals surface area contributed by atoms with Crippen LogP contribution in [0.5, 0.6) is 0 Å². The molecule has 22 heteroatoms. The molecule has 2 heterocycles. The van der Waals surface area contributed by atoms with Crippen LogP contribution in [0.4, 0.5) is 35.1 Å². The number of amides is 2. The molecule has 97 heavy (non-hydrogen) atoms. The number of hydrogen-bond donors (Lipinski definition) is 0. The van der Waals surface area contributed by atoms with E-state index in [-0.39, 0.29) is 61.2 Å². The summed E-state index contributed by atoms with van der Waals surface area (Å²) in [4.78, 5) is 66.8. The van der Waals surface area contributed by atoms with Gasteiger partial charge in [0.1, 0.15) is 24.6 Å². The van der Waals surface area contributed by atoms with Crippen molar-refractivity contribution in [2.45, 2.75) is 140 Å². The number of rotatable bonds is 26. The van der Waals surface area contributed by atoms with Crippen molar-refractivity contribution in [2.75, 3.05) is 52.2 Å². The number of benzene rings is 6. The average Bonchev–Trinajstić information content (AvgIpc) is 1.51. The number of aromatic nitrogens is 4. The van der Waals surface area contributed by atoms with Gasteiger partial charge in [-0.1, -0.05) is 155 Å². The molecule has 2 aromatic heterocycles. The minimum atomic E-state index is -5.26. The number of hydrogen-bond acceptors (Lipinski definition) is 10. The Labute approximate surface area is 613 Å². The Morgan fingerprint density at radius 1 is 0.629 bits per heavy atom. The number of nitrogens with zero attached hydrogens (tertiary/aromatic N) is 8. The van der Waals surface area contributed by atoms with Crippen LogP contribution in [-0.4, -0.2) is 103 Å². The van der Waals surface area contributed by atoms with Crippen molar-refractivity contribution in [3.63, 3.8) is 0 Å². The highest BCUT2D eigenvalue weighted by molar-refractivity contribution is 7.98. The van der Waals surface area contributed by atoms with Gasteiger partial charge in [0.25, 0.3) is 11.1 Å². The van der Waals surface area contributed by atoms with Crippen molar-refractivity contribution in [3.8, 4) is 22.3 Å². The Morgan fingerprint density at radius 3 is 1.75 bits per heavy atom. The molecule has 0 radical (unpaired) electrons. The van der Waals surface area contributed by atoms with Crippen LogP contribution in [0.1, 0.15) is 158 Å². The third-order valence-electron chi connectivity index (χ3n) is 14.8. The van der Waals surface area contributed by atoms with E-state index in [1.165, 1.54) is 55.5 Å². The van der Waals surface area contributed by atoms with Crippen molar-refractivity contribution in [2.24, 2.45) is 5.89 Å². The highest BCUT2D eigenvalue weighted by Gasteiger charge is 2.34. The lowest BCUT2D eigenvalue weighted by atomic mass is 9.98. The Morgan fingerprint density at radius 2 is 1.16 bits per heavy atom. The maximum absolute atomic E-state index is 15.2. The molecule has 0 aliphatic heterocycles. The van der Waals surface area contributed by atoms with Gasteiger partial charge in [0, 0.05) is 84.5 Å². The predicted octanol–water partition coefficient (Wildman–Crippen LogP) is 15.6. The van der Waals surface area contributed by atoms with Gasteiger partial charge in [-0.05, 0) is 170 Å². The molecule has 2 atom stereocenters. The standard InChI is InChI=1S/C38H42F4N4O2S.C37H40F4N4O2S/c1-5-44(6-2)17-18-45(22-27-7-11-29(12-8-27)30-13-16-33(26(4)21-30)38(40,41)42)35(47)23-46-34-20-25(3)19-32(34)36(48)43-37(46)49-24-28-9-14-31(39)15-10-28;1-4-43(5-2)21-22-44(25(3)27-11-13-28(14-12-27)29-15-17-30(18-16-29)37(39,40)41)34(46)23-45-33-8-6-7-32(33)35(47)42-36(45)48-24-26-9-19-31(38)20-10-26/h7-16,21,25H,5-6,17-20,22-24H2,1-4H3;9-20,25H,4-8,21-24H2,1-3H3/i5D2,6D2,7D,8D,11D,12D,13D,16D,19D2,20D2,21D,22D2,23D2,25D;4D2,5D2,9D,10D,19D,20D,23D2,25D. The number of thioether (sulfide) groups is 2. The second-order valence-electron chi connectivity index (χ2n) is 21.1. The van der Waals surface area contributed by atoms with E-state index in [0.29, 0.717) is 46.0 Å². The Balaban J connectivity index is 0.000000292. The molecule has 8 aromatic rings. The molecule has 0 saturated heterocycles. The number of alkyl halides is 6. The van der Waals surface area contributed by atoms with Crippen LogP contribution in [0.2, 0.25) is 0 Å². The van der Waals surface area contributed by atoms with E-state index in [9.17, 15) is 59.1 Å². The fourth-order valence-electron chi connectivity index (χ4n) is 9.79. The molecular weight excluding hydrogens is 1290 g/mol. The predicted molar refractivity (Wildman–Crippen MR) is 367 cm³/mol. The summed E-state index contributed by atoms with van der Waals surface area (Å²) in [7, 11) is 0. The van der Waals surface area contributed by atoms with E-state index in [1.54, 1.807) is 0 Å². The largest absolute Gasteiger partial charge is 0.416 e. The number of carbonyl (C=O) groups excluding carboxylic acids is 2. The molecule has 6 aromatic carbocycles. The summed E-state index contributed by atoms with van der Waals surface area (Å²) in [5, 5.41) is -1.26. The van der Waals surface area contributed by atoms with Gasteiger partial charge in [0.05, 0.1) is 41.8 Å². The first-order valence-corrected chi connectivity index (χ1v) is 31.5. The van der Waals surface area contributed by atoms with Gasteiger partial charge in [0.2, 0.25) is 11.8 Å². The van der Waals surface area contributed by atoms with Crippen LogP contribution in [0.25, 0.3) is 22.3 Å². The van der Waals surface area contributed by atoms with E-state index < -0.39 is 265 Å². The maximum atomic E-state index is 15.2. The molecule has 2 amide bonds. The summed E-state index contributed by atoms with van der Waals surface area (Å²) in [6.45, 7) is -17.8. The number of likely N-dealkylation sites (N-methyl/N-ethyl adjacent to an activating group) is 2. The van der Waals surface area contributed by atoms with Crippen LogP contribution in [0.15, 0.2) is 159 Å². The summed E-state index contributed by atoms with van der Waals surface area (Å²) < 4.78 is 380. The van der Waals surface area contributed by atoms with Gasteiger partial charge in [-0.15, -0.1) is 0 Å². The first kappa shape index (κ1) is 42.1. The summed E-state index contributed by atoms with van der Waals surface area (Å²) in [5.74, 6) is -9.33. The topological polar surface area (TPSA) is 117 Å². The molecule has 12 nitrogen and oxygen atoms in total. The zero-order valence-corrected chi connectivity index (χ0v) is 54.5. The Bertz CT molecular complexity index is 5680.